The maximum absolute atomic E-state index is 6.21. The van der Waals surface area contributed by atoms with Gasteiger partial charge in [-0.2, -0.15) is 5.10 Å². The molecule has 0 spiro atoms. The number of hydrogen-bond donors (Lipinski definition) is 1. The molecule has 4 nitrogen and oxygen atoms in total. The zero-order valence-corrected chi connectivity index (χ0v) is 13.3. The van der Waals surface area contributed by atoms with Crippen molar-refractivity contribution in [1.82, 2.24) is 15.1 Å². The van der Waals surface area contributed by atoms with Crippen molar-refractivity contribution in [2.24, 2.45) is 7.05 Å². The average molecular weight is 303 g/mol. The van der Waals surface area contributed by atoms with Gasteiger partial charge in [0.2, 0.25) is 0 Å². The summed E-state index contributed by atoms with van der Waals surface area (Å²) in [6.07, 6.45) is 3.05. The number of aryl methyl sites for hydroxylation is 1. The summed E-state index contributed by atoms with van der Waals surface area (Å²) in [5.74, 6) is 1.98. The van der Waals surface area contributed by atoms with Gasteiger partial charge in [-0.05, 0) is 24.7 Å². The van der Waals surface area contributed by atoms with Gasteiger partial charge < -0.3 is 10.1 Å². The normalized spacial score (nSPS) is 18.9. The van der Waals surface area contributed by atoms with E-state index in [1.54, 1.807) is 0 Å². The van der Waals surface area contributed by atoms with Gasteiger partial charge in [-0.1, -0.05) is 19.1 Å². The van der Waals surface area contributed by atoms with E-state index in [4.69, 9.17) is 4.74 Å². The largest absolute Gasteiger partial charge is 0.487 e. The smallest absolute Gasteiger partial charge is 0.133 e. The first-order valence-corrected chi connectivity index (χ1v) is 8.35. The van der Waals surface area contributed by atoms with Gasteiger partial charge in [-0.3, -0.25) is 4.68 Å². The topological polar surface area (TPSA) is 39.1 Å². The summed E-state index contributed by atoms with van der Waals surface area (Å²) in [6, 6.07) is 10.6. The molecular formula is C16H21N3OS. The van der Waals surface area contributed by atoms with Gasteiger partial charge in [0.05, 0.1) is 11.7 Å². The second-order valence-corrected chi connectivity index (χ2v) is 6.32. The first-order valence-electron chi connectivity index (χ1n) is 7.36. The Morgan fingerprint density at radius 1 is 1.43 bits per heavy atom. The van der Waals surface area contributed by atoms with Crippen molar-refractivity contribution in [3.63, 3.8) is 0 Å². The fourth-order valence-corrected chi connectivity index (χ4v) is 3.71. The van der Waals surface area contributed by atoms with E-state index < -0.39 is 0 Å². The molecule has 2 heterocycles. The molecule has 1 aromatic heterocycles. The lowest BCUT2D eigenvalue weighted by atomic mass is 10.1. The summed E-state index contributed by atoms with van der Waals surface area (Å²) < 4.78 is 8.06. The van der Waals surface area contributed by atoms with E-state index in [9.17, 15) is 0 Å². The molecule has 2 atom stereocenters. The maximum atomic E-state index is 6.21. The molecule has 0 bridgehead atoms. The lowest BCUT2D eigenvalue weighted by molar-refractivity contribution is 0.165. The van der Waals surface area contributed by atoms with Crippen LogP contribution in [0.4, 0.5) is 0 Å². The lowest BCUT2D eigenvalue weighted by Crippen LogP contribution is -2.47. The van der Waals surface area contributed by atoms with Gasteiger partial charge in [-0.15, -0.1) is 11.8 Å². The van der Waals surface area contributed by atoms with E-state index in [2.05, 4.69) is 41.6 Å². The van der Waals surface area contributed by atoms with Gasteiger partial charge in [0, 0.05) is 30.3 Å². The van der Waals surface area contributed by atoms with Crippen LogP contribution < -0.4 is 10.1 Å². The Morgan fingerprint density at radius 3 is 3.05 bits per heavy atom. The zero-order chi connectivity index (χ0) is 14.7. The minimum atomic E-state index is 0.173. The molecule has 2 unspecified atom stereocenters. The zero-order valence-electron chi connectivity index (χ0n) is 12.5. The average Bonchev–Trinajstić information content (AvgIpc) is 2.91. The number of para-hydroxylation sites is 1. The molecule has 21 heavy (non-hydrogen) atoms. The molecular weight excluding hydrogens is 282 g/mol. The third kappa shape index (κ3) is 3.41. The number of nitrogens with one attached hydrogen (secondary N) is 1. The molecule has 0 amide bonds. The van der Waals surface area contributed by atoms with E-state index >= 15 is 0 Å². The van der Waals surface area contributed by atoms with Gasteiger partial charge in [0.15, 0.2) is 0 Å². The van der Waals surface area contributed by atoms with Crippen molar-refractivity contribution in [3.8, 4) is 5.75 Å². The Bertz CT molecular complexity index is 599. The molecule has 1 aliphatic heterocycles. The number of benzene rings is 1. The third-order valence-corrected chi connectivity index (χ3v) is 4.79. The minimum absolute atomic E-state index is 0.173. The fraction of sp³-hybridized carbons (Fsp3) is 0.438. The van der Waals surface area contributed by atoms with Gasteiger partial charge >= 0.3 is 0 Å². The molecule has 2 aromatic rings. The van der Waals surface area contributed by atoms with Crippen LogP contribution in [-0.2, 0) is 13.5 Å². The van der Waals surface area contributed by atoms with Crippen molar-refractivity contribution in [2.75, 3.05) is 12.3 Å². The van der Waals surface area contributed by atoms with Crippen molar-refractivity contribution < 1.29 is 4.74 Å². The van der Waals surface area contributed by atoms with E-state index in [0.29, 0.717) is 0 Å². The third-order valence-electron chi connectivity index (χ3n) is 3.64. The standard InChI is InChI=1S/C16H21N3OS/c1-3-17-13(10-12-8-9-19(2)18-12)15-11-21-16-7-5-4-6-14(16)20-15/h4-9,13,15,17H,3,10-11H2,1-2H3. The molecule has 0 radical (unpaired) electrons. The number of hydrogen-bond acceptors (Lipinski definition) is 4. The number of thioether (sulfide) groups is 1. The maximum Gasteiger partial charge on any atom is 0.133 e. The Labute approximate surface area is 129 Å². The molecule has 1 aliphatic rings. The van der Waals surface area contributed by atoms with E-state index in [0.717, 1.165) is 30.2 Å². The number of nitrogens with zero attached hydrogens (tertiary/aromatic N) is 2. The van der Waals surface area contributed by atoms with Gasteiger partial charge in [-0.25, -0.2) is 0 Å². The molecule has 0 saturated carbocycles. The molecule has 1 N–H and O–H groups in total. The highest BCUT2D eigenvalue weighted by Gasteiger charge is 2.28. The molecule has 0 aliphatic carbocycles. The monoisotopic (exact) mass is 303 g/mol. The number of likely N-dealkylation sites (N-methyl/N-ethyl adjacent to an activating group) is 1. The molecule has 112 valence electrons. The summed E-state index contributed by atoms with van der Waals surface area (Å²) in [5.41, 5.74) is 1.11. The first kappa shape index (κ1) is 14.5. The summed E-state index contributed by atoms with van der Waals surface area (Å²) in [5, 5.41) is 8.04. The molecule has 5 heteroatoms. The summed E-state index contributed by atoms with van der Waals surface area (Å²) >= 11 is 1.88. The van der Waals surface area contributed by atoms with Crippen LogP contribution in [0.15, 0.2) is 41.4 Å². The van der Waals surface area contributed by atoms with E-state index in [1.165, 1.54) is 4.90 Å². The molecule has 0 saturated heterocycles. The van der Waals surface area contributed by atoms with Crippen LogP contribution in [0, 0.1) is 0 Å². The predicted molar refractivity (Wildman–Crippen MR) is 86.0 cm³/mol. The number of fused-ring (bicyclic) bond motifs is 1. The Morgan fingerprint density at radius 2 is 2.29 bits per heavy atom. The number of rotatable bonds is 5. The van der Waals surface area contributed by atoms with Crippen LogP contribution in [0.2, 0.25) is 0 Å². The summed E-state index contributed by atoms with van der Waals surface area (Å²) in [7, 11) is 1.95. The van der Waals surface area contributed by atoms with Crippen LogP contribution in [0.3, 0.4) is 0 Å². The molecule has 3 rings (SSSR count). The first-order chi connectivity index (χ1) is 10.3. The van der Waals surface area contributed by atoms with Crippen LogP contribution in [-0.4, -0.2) is 34.2 Å². The highest BCUT2D eigenvalue weighted by Crippen LogP contribution is 2.36. The van der Waals surface area contributed by atoms with Crippen LogP contribution >= 0.6 is 11.8 Å². The van der Waals surface area contributed by atoms with Crippen molar-refractivity contribution in [1.29, 1.82) is 0 Å². The van der Waals surface area contributed by atoms with Crippen molar-refractivity contribution in [2.45, 2.75) is 30.4 Å². The Balaban J connectivity index is 1.72. The van der Waals surface area contributed by atoms with Gasteiger partial charge in [0.1, 0.15) is 11.9 Å². The quantitative estimate of drug-likeness (QED) is 0.921. The predicted octanol–water partition coefficient (Wildman–Crippen LogP) is 2.49. The summed E-state index contributed by atoms with van der Waals surface area (Å²) in [6.45, 7) is 3.07. The van der Waals surface area contributed by atoms with Crippen LogP contribution in [0.5, 0.6) is 5.75 Å². The summed E-state index contributed by atoms with van der Waals surface area (Å²) in [4.78, 5) is 1.24. The van der Waals surface area contributed by atoms with Crippen molar-refractivity contribution >= 4 is 11.8 Å². The molecule has 0 fully saturated rings. The second kappa shape index (κ2) is 6.54. The van der Waals surface area contributed by atoms with Crippen LogP contribution in [0.25, 0.3) is 0 Å². The second-order valence-electron chi connectivity index (χ2n) is 5.26. The molecule has 1 aromatic carbocycles. The van der Waals surface area contributed by atoms with E-state index in [1.807, 2.05) is 35.8 Å². The van der Waals surface area contributed by atoms with Crippen molar-refractivity contribution in [3.05, 3.63) is 42.2 Å². The van der Waals surface area contributed by atoms with Gasteiger partial charge in [0.25, 0.3) is 0 Å². The van der Waals surface area contributed by atoms with E-state index in [-0.39, 0.29) is 12.1 Å². The highest BCUT2D eigenvalue weighted by molar-refractivity contribution is 7.99. The SMILES string of the molecule is CCNC(Cc1ccn(C)n1)C1CSc2ccccc2O1. The fourth-order valence-electron chi connectivity index (χ4n) is 2.63. The Hall–Kier alpha value is -1.46. The highest BCUT2D eigenvalue weighted by atomic mass is 32.2. The number of aromatic nitrogens is 2. The number of ether oxygens (including phenoxy) is 1. The van der Waals surface area contributed by atoms with Crippen LogP contribution in [0.1, 0.15) is 12.6 Å². The minimum Gasteiger partial charge on any atom is -0.487 e. The Kier molecular flexibility index (Phi) is 4.51. The lowest BCUT2D eigenvalue weighted by Gasteiger charge is -2.32.